The van der Waals surface area contributed by atoms with Crippen LogP contribution in [0.4, 0.5) is 5.69 Å². The van der Waals surface area contributed by atoms with Gasteiger partial charge in [-0.15, -0.1) is 11.3 Å². The zero-order valence-corrected chi connectivity index (χ0v) is 22.2. The summed E-state index contributed by atoms with van der Waals surface area (Å²) in [6, 6.07) is 9.13. The number of oxazole rings is 1. The first-order valence-electron chi connectivity index (χ1n) is 12.6. The highest BCUT2D eigenvalue weighted by Gasteiger charge is 2.33. The molecule has 1 fully saturated rings. The molecule has 0 saturated heterocycles. The van der Waals surface area contributed by atoms with Crippen molar-refractivity contribution >= 4 is 40.1 Å². The molecule has 1 aliphatic rings. The van der Waals surface area contributed by atoms with E-state index in [1.165, 1.54) is 18.4 Å². The maximum atomic E-state index is 13.7. The van der Waals surface area contributed by atoms with Crippen LogP contribution in [0.25, 0.3) is 33.3 Å². The van der Waals surface area contributed by atoms with Crippen LogP contribution in [0.2, 0.25) is 0 Å². The van der Waals surface area contributed by atoms with Gasteiger partial charge in [-0.05, 0) is 75.8 Å². The van der Waals surface area contributed by atoms with Gasteiger partial charge in [-0.2, -0.15) is 4.98 Å². The van der Waals surface area contributed by atoms with Crippen molar-refractivity contribution in [3.63, 3.8) is 0 Å². The highest BCUT2D eigenvalue weighted by molar-refractivity contribution is 7.18. The standard InChI is InChI=1S/C28H30N4O4S/c1-16(2)32(27(33)18-9-7-17(3)8-10-18)21-14-23(37-24(21)28(34)35-4)19-11-12-20(30-15-19)26-31-25-22(36-26)6-5-13-29-25/h5-6,11-18H,7-10H2,1-4H3. The molecule has 4 aromatic rings. The molecule has 0 aromatic carbocycles. The van der Waals surface area contributed by atoms with E-state index in [9.17, 15) is 9.59 Å². The lowest BCUT2D eigenvalue weighted by Crippen LogP contribution is -2.42. The predicted octanol–water partition coefficient (Wildman–Crippen LogP) is 6.37. The Balaban J connectivity index is 1.48. The Morgan fingerprint density at radius 3 is 2.57 bits per heavy atom. The SMILES string of the molecule is COC(=O)c1sc(-c2ccc(-c3nc4ncccc4o3)nc2)cc1N(C(=O)C1CCC(C)CC1)C(C)C. The molecule has 0 aliphatic heterocycles. The molecule has 0 radical (unpaired) electrons. The molecule has 0 N–H and O–H groups in total. The zero-order valence-electron chi connectivity index (χ0n) is 21.4. The van der Waals surface area contributed by atoms with E-state index < -0.39 is 5.97 Å². The van der Waals surface area contributed by atoms with E-state index >= 15 is 0 Å². The Labute approximate surface area is 219 Å². The van der Waals surface area contributed by atoms with Crippen LogP contribution in [-0.4, -0.2) is 40.0 Å². The molecule has 1 saturated carbocycles. The molecule has 192 valence electrons. The molecule has 8 nitrogen and oxygen atoms in total. The predicted molar refractivity (Wildman–Crippen MR) is 143 cm³/mol. The second-order valence-electron chi connectivity index (χ2n) is 9.85. The van der Waals surface area contributed by atoms with Crippen LogP contribution >= 0.6 is 11.3 Å². The minimum atomic E-state index is -0.453. The van der Waals surface area contributed by atoms with Gasteiger partial charge in [0.15, 0.2) is 11.2 Å². The molecule has 0 atom stereocenters. The van der Waals surface area contributed by atoms with Gasteiger partial charge < -0.3 is 14.1 Å². The summed E-state index contributed by atoms with van der Waals surface area (Å²) in [5, 5.41) is 0. The summed E-state index contributed by atoms with van der Waals surface area (Å²) in [7, 11) is 1.36. The number of fused-ring (bicyclic) bond motifs is 1. The molecule has 37 heavy (non-hydrogen) atoms. The fourth-order valence-corrected chi connectivity index (χ4v) is 5.90. The summed E-state index contributed by atoms with van der Waals surface area (Å²) in [5.74, 6) is 0.635. The van der Waals surface area contributed by atoms with Crippen LogP contribution in [-0.2, 0) is 9.53 Å². The topological polar surface area (TPSA) is 98.4 Å². The summed E-state index contributed by atoms with van der Waals surface area (Å²) in [4.78, 5) is 42.6. The van der Waals surface area contributed by atoms with Crippen molar-refractivity contribution in [3.05, 3.63) is 47.6 Å². The van der Waals surface area contributed by atoms with Crippen molar-refractivity contribution < 1.29 is 18.7 Å². The Bertz CT molecular complexity index is 1380. The largest absolute Gasteiger partial charge is 0.465 e. The van der Waals surface area contributed by atoms with Crippen molar-refractivity contribution in [1.29, 1.82) is 0 Å². The van der Waals surface area contributed by atoms with Crippen molar-refractivity contribution in [1.82, 2.24) is 15.0 Å². The summed E-state index contributed by atoms with van der Waals surface area (Å²) in [5.41, 5.74) is 3.12. The van der Waals surface area contributed by atoms with Crippen molar-refractivity contribution in [2.45, 2.75) is 52.5 Å². The number of carbonyl (C=O) groups excluding carboxylic acids is 2. The number of hydrogen-bond donors (Lipinski definition) is 0. The van der Waals surface area contributed by atoms with E-state index in [0.717, 1.165) is 36.1 Å². The summed E-state index contributed by atoms with van der Waals surface area (Å²) < 4.78 is 10.9. The zero-order chi connectivity index (χ0) is 26.1. The van der Waals surface area contributed by atoms with Gasteiger partial charge in [0.1, 0.15) is 10.6 Å². The van der Waals surface area contributed by atoms with E-state index in [4.69, 9.17) is 9.15 Å². The third-order valence-corrected chi connectivity index (χ3v) is 8.05. The van der Waals surface area contributed by atoms with Crippen LogP contribution in [0.5, 0.6) is 0 Å². The summed E-state index contributed by atoms with van der Waals surface area (Å²) in [6.07, 6.45) is 7.25. The molecule has 0 unspecified atom stereocenters. The molecule has 5 rings (SSSR count). The van der Waals surface area contributed by atoms with Crippen molar-refractivity contribution in [2.75, 3.05) is 12.0 Å². The molecule has 1 aliphatic carbocycles. The highest BCUT2D eigenvalue weighted by Crippen LogP contribution is 2.40. The Hall–Kier alpha value is -3.59. The number of thiophene rings is 1. The van der Waals surface area contributed by atoms with Crippen LogP contribution in [0.1, 0.15) is 56.1 Å². The van der Waals surface area contributed by atoms with Crippen molar-refractivity contribution in [3.8, 4) is 22.0 Å². The molecule has 0 bridgehead atoms. The number of anilines is 1. The maximum absolute atomic E-state index is 13.7. The number of rotatable bonds is 6. The third kappa shape index (κ3) is 5.00. The van der Waals surface area contributed by atoms with E-state index in [1.807, 2.05) is 38.1 Å². The number of nitrogens with zero attached hydrogens (tertiary/aromatic N) is 4. The number of hydrogen-bond acceptors (Lipinski definition) is 8. The van der Waals surface area contributed by atoms with E-state index in [2.05, 4.69) is 21.9 Å². The minimum absolute atomic E-state index is 0.0285. The van der Waals surface area contributed by atoms with Gasteiger partial charge >= 0.3 is 5.97 Å². The lowest BCUT2D eigenvalue weighted by Gasteiger charge is -2.33. The number of methoxy groups -OCH3 is 1. The number of amides is 1. The second kappa shape index (κ2) is 10.4. The summed E-state index contributed by atoms with van der Waals surface area (Å²) >= 11 is 1.30. The Kier molecular flexibility index (Phi) is 7.06. The maximum Gasteiger partial charge on any atom is 0.350 e. The van der Waals surface area contributed by atoms with Gasteiger partial charge in [0.25, 0.3) is 0 Å². The molecule has 4 aromatic heterocycles. The summed E-state index contributed by atoms with van der Waals surface area (Å²) in [6.45, 7) is 6.20. The number of esters is 1. The average molecular weight is 519 g/mol. The number of aromatic nitrogens is 3. The first-order valence-corrected chi connectivity index (χ1v) is 13.4. The lowest BCUT2D eigenvalue weighted by molar-refractivity contribution is -0.123. The molecule has 1 amide bonds. The van der Waals surface area contributed by atoms with Crippen LogP contribution in [0.3, 0.4) is 0 Å². The molecule has 4 heterocycles. The first kappa shape index (κ1) is 25.1. The normalized spacial score (nSPS) is 17.8. The van der Waals surface area contributed by atoms with Gasteiger partial charge in [0.2, 0.25) is 11.8 Å². The first-order chi connectivity index (χ1) is 17.9. The van der Waals surface area contributed by atoms with Gasteiger partial charge in [-0.1, -0.05) is 6.92 Å². The molecule has 9 heteroatoms. The van der Waals surface area contributed by atoms with Gasteiger partial charge in [0, 0.05) is 34.8 Å². The number of ether oxygens (including phenoxy) is 1. The monoisotopic (exact) mass is 518 g/mol. The molecule has 0 spiro atoms. The highest BCUT2D eigenvalue weighted by atomic mass is 32.1. The Morgan fingerprint density at radius 2 is 1.92 bits per heavy atom. The fraction of sp³-hybridized carbons (Fsp3) is 0.393. The van der Waals surface area contributed by atoms with E-state index in [0.29, 0.717) is 39.3 Å². The number of pyridine rings is 2. The lowest BCUT2D eigenvalue weighted by atomic mass is 9.82. The van der Waals surface area contributed by atoms with Gasteiger partial charge in [0.05, 0.1) is 12.8 Å². The van der Waals surface area contributed by atoms with E-state index in [1.54, 1.807) is 23.4 Å². The quantitative estimate of drug-likeness (QED) is 0.274. The molecular weight excluding hydrogens is 488 g/mol. The van der Waals surface area contributed by atoms with Crippen LogP contribution < -0.4 is 4.90 Å². The third-order valence-electron chi connectivity index (χ3n) is 6.89. The van der Waals surface area contributed by atoms with Crippen LogP contribution in [0.15, 0.2) is 47.1 Å². The average Bonchev–Trinajstić information content (AvgIpc) is 3.54. The second-order valence-corrected chi connectivity index (χ2v) is 10.9. The molecular formula is C28H30N4O4S. The smallest absolute Gasteiger partial charge is 0.350 e. The van der Waals surface area contributed by atoms with Crippen molar-refractivity contribution in [2.24, 2.45) is 11.8 Å². The Morgan fingerprint density at radius 1 is 1.14 bits per heavy atom. The number of carbonyl (C=O) groups is 2. The van der Waals surface area contributed by atoms with Gasteiger partial charge in [-0.25, -0.2) is 9.78 Å². The fourth-order valence-electron chi connectivity index (χ4n) is 4.84. The van der Waals surface area contributed by atoms with E-state index in [-0.39, 0.29) is 17.9 Å². The van der Waals surface area contributed by atoms with Gasteiger partial charge in [-0.3, -0.25) is 9.78 Å². The van der Waals surface area contributed by atoms with Crippen LogP contribution in [0, 0.1) is 11.8 Å². The minimum Gasteiger partial charge on any atom is -0.465 e.